The Bertz CT molecular complexity index is 808. The van der Waals surface area contributed by atoms with Crippen LogP contribution in [0.25, 0.3) is 0 Å². The van der Waals surface area contributed by atoms with Crippen molar-refractivity contribution in [3.63, 3.8) is 0 Å². The summed E-state index contributed by atoms with van der Waals surface area (Å²) in [6.07, 6.45) is 3.48. The summed E-state index contributed by atoms with van der Waals surface area (Å²) in [5, 5.41) is 13.6. The average molecular weight is 328 g/mol. The summed E-state index contributed by atoms with van der Waals surface area (Å²) in [5.41, 5.74) is 2.94. The van der Waals surface area contributed by atoms with Crippen LogP contribution in [0.15, 0.2) is 28.8 Å². The number of fused-ring (bicyclic) bond motifs is 3. The van der Waals surface area contributed by atoms with Gasteiger partial charge in [-0.3, -0.25) is 4.98 Å². The van der Waals surface area contributed by atoms with Crippen molar-refractivity contribution in [3.8, 4) is 11.8 Å². The molecule has 2 aromatic rings. The van der Waals surface area contributed by atoms with Crippen LogP contribution in [0, 0.1) is 18.3 Å². The maximum Gasteiger partial charge on any atom is 0.161 e. The first-order chi connectivity index (χ1) is 10.8. The molecular weight excluding hydrogens is 316 g/mol. The molecule has 2 aromatic heterocycles. The molecule has 0 saturated carbocycles. The average Bonchev–Trinajstić information content (AvgIpc) is 3.13. The van der Waals surface area contributed by atoms with Gasteiger partial charge in [0.15, 0.2) is 5.44 Å². The van der Waals surface area contributed by atoms with E-state index in [1.54, 1.807) is 6.20 Å². The Morgan fingerprint density at radius 2 is 2.32 bits per heavy atom. The zero-order valence-corrected chi connectivity index (χ0v) is 13.4. The van der Waals surface area contributed by atoms with Gasteiger partial charge in [-0.2, -0.15) is 5.26 Å². The fourth-order valence-corrected chi connectivity index (χ4v) is 5.10. The monoisotopic (exact) mass is 328 g/mol. The van der Waals surface area contributed by atoms with Gasteiger partial charge in [0.2, 0.25) is 0 Å². The molecular formula is C15H12N4OS2. The number of hydrogen-bond acceptors (Lipinski definition) is 7. The van der Waals surface area contributed by atoms with Crippen LogP contribution in [-0.4, -0.2) is 20.0 Å². The second-order valence-electron chi connectivity index (χ2n) is 5.22. The smallest absolute Gasteiger partial charge is 0.161 e. The summed E-state index contributed by atoms with van der Waals surface area (Å²) in [7, 11) is 0. The molecule has 1 aliphatic carbocycles. The van der Waals surface area contributed by atoms with Crippen molar-refractivity contribution >= 4 is 23.3 Å². The minimum absolute atomic E-state index is 0.0861. The van der Waals surface area contributed by atoms with Gasteiger partial charge < -0.3 is 4.74 Å². The van der Waals surface area contributed by atoms with Crippen molar-refractivity contribution in [2.24, 2.45) is 0 Å². The zero-order chi connectivity index (χ0) is 15.1. The molecule has 2 aliphatic rings. The Morgan fingerprint density at radius 1 is 1.41 bits per heavy atom. The van der Waals surface area contributed by atoms with Crippen molar-refractivity contribution < 1.29 is 4.74 Å². The van der Waals surface area contributed by atoms with Crippen molar-refractivity contribution in [3.05, 3.63) is 45.1 Å². The van der Waals surface area contributed by atoms with Gasteiger partial charge >= 0.3 is 0 Å². The molecule has 7 heteroatoms. The molecule has 0 spiro atoms. The quantitative estimate of drug-likeness (QED) is 0.843. The lowest BCUT2D eigenvalue weighted by Gasteiger charge is -2.25. The highest BCUT2D eigenvalue weighted by Crippen LogP contribution is 2.53. The van der Waals surface area contributed by atoms with E-state index in [4.69, 9.17) is 4.74 Å². The van der Waals surface area contributed by atoms with Crippen molar-refractivity contribution in [1.82, 2.24) is 14.6 Å². The number of aryl methyl sites for hydroxylation is 2. The van der Waals surface area contributed by atoms with E-state index in [-0.39, 0.29) is 11.4 Å². The Morgan fingerprint density at radius 3 is 3.14 bits per heavy atom. The van der Waals surface area contributed by atoms with Crippen LogP contribution in [-0.2, 0) is 6.42 Å². The second kappa shape index (κ2) is 5.38. The lowest BCUT2D eigenvalue weighted by Crippen LogP contribution is -2.23. The molecule has 4 rings (SSSR count). The van der Waals surface area contributed by atoms with Crippen molar-refractivity contribution in [2.45, 2.75) is 31.1 Å². The molecule has 0 aromatic carbocycles. The van der Waals surface area contributed by atoms with Gasteiger partial charge in [0.25, 0.3) is 0 Å². The predicted molar refractivity (Wildman–Crippen MR) is 84.6 cm³/mol. The van der Waals surface area contributed by atoms with E-state index in [2.05, 4.69) is 20.6 Å². The van der Waals surface area contributed by atoms with E-state index < -0.39 is 0 Å². The van der Waals surface area contributed by atoms with E-state index in [1.165, 1.54) is 28.9 Å². The highest BCUT2D eigenvalue weighted by Gasteiger charge is 2.43. The molecule has 5 nitrogen and oxygen atoms in total. The minimum Gasteiger partial charge on any atom is -0.476 e. The zero-order valence-electron chi connectivity index (χ0n) is 11.8. The predicted octanol–water partition coefficient (Wildman–Crippen LogP) is 3.20. The van der Waals surface area contributed by atoms with E-state index >= 15 is 0 Å². The second-order valence-corrected chi connectivity index (χ2v) is 7.11. The Hall–Kier alpha value is -1.91. The molecule has 22 heavy (non-hydrogen) atoms. The standard InChI is InChI=1S/C15H12N4OS2/c1-8-11(3-2-6-17-8)20-15-13-9(12(7-16)21-15)4-5-10-14(13)22-19-18-10/h2-3,6,13,15H,4-5H2,1H3. The molecule has 0 bridgehead atoms. The van der Waals surface area contributed by atoms with E-state index in [0.29, 0.717) is 0 Å². The number of hydrogen-bond donors (Lipinski definition) is 0. The number of nitrogens with zero attached hydrogens (tertiary/aromatic N) is 4. The van der Waals surface area contributed by atoms with Crippen molar-refractivity contribution in [2.75, 3.05) is 0 Å². The largest absolute Gasteiger partial charge is 0.476 e. The van der Waals surface area contributed by atoms with Crippen LogP contribution < -0.4 is 4.74 Å². The first-order valence-electron chi connectivity index (χ1n) is 6.97. The molecule has 2 unspecified atom stereocenters. The number of aromatic nitrogens is 3. The van der Waals surface area contributed by atoms with Gasteiger partial charge in [0.05, 0.1) is 27.1 Å². The number of pyridine rings is 1. The summed E-state index contributed by atoms with van der Waals surface area (Å²) in [4.78, 5) is 6.20. The Kier molecular flexibility index (Phi) is 3.36. The molecule has 0 radical (unpaired) electrons. The van der Waals surface area contributed by atoms with Crippen LogP contribution >= 0.6 is 23.3 Å². The van der Waals surface area contributed by atoms with Crippen molar-refractivity contribution in [1.29, 1.82) is 5.26 Å². The summed E-state index contributed by atoms with van der Waals surface area (Å²) in [6.45, 7) is 1.93. The van der Waals surface area contributed by atoms with Gasteiger partial charge in [-0.15, -0.1) is 5.10 Å². The van der Waals surface area contributed by atoms with E-state index in [9.17, 15) is 5.26 Å². The molecule has 3 heterocycles. The topological polar surface area (TPSA) is 71.7 Å². The highest BCUT2D eigenvalue weighted by atomic mass is 32.2. The molecule has 110 valence electrons. The van der Waals surface area contributed by atoms with Gasteiger partial charge in [-0.05, 0) is 49.0 Å². The lowest BCUT2D eigenvalue weighted by atomic mass is 9.87. The summed E-state index contributed by atoms with van der Waals surface area (Å²) in [6, 6.07) is 6.11. The molecule has 1 aliphatic heterocycles. The maximum atomic E-state index is 9.42. The van der Waals surface area contributed by atoms with Crippen LogP contribution in [0.2, 0.25) is 0 Å². The Labute approximate surface area is 136 Å². The lowest BCUT2D eigenvalue weighted by molar-refractivity contribution is 0.266. The van der Waals surface area contributed by atoms with Gasteiger partial charge in [-0.1, -0.05) is 16.3 Å². The van der Waals surface area contributed by atoms with Gasteiger partial charge in [0.1, 0.15) is 11.8 Å². The third-order valence-corrected chi connectivity index (χ3v) is 6.01. The molecule has 0 N–H and O–H groups in total. The van der Waals surface area contributed by atoms with Crippen LogP contribution in [0.5, 0.6) is 5.75 Å². The van der Waals surface area contributed by atoms with Crippen LogP contribution in [0.3, 0.4) is 0 Å². The third-order valence-electron chi connectivity index (χ3n) is 3.98. The van der Waals surface area contributed by atoms with Gasteiger partial charge in [-0.25, -0.2) is 0 Å². The number of thioether (sulfide) groups is 1. The SMILES string of the molecule is Cc1ncccc1OC1SC(C#N)=C2CCc3nnsc3C21. The van der Waals surface area contributed by atoms with Crippen LogP contribution in [0.1, 0.15) is 28.6 Å². The molecule has 0 fully saturated rings. The third kappa shape index (κ3) is 2.11. The summed E-state index contributed by atoms with van der Waals surface area (Å²) in [5.74, 6) is 0.853. The normalized spacial score (nSPS) is 22.9. The minimum atomic E-state index is -0.145. The molecule has 0 amide bonds. The first-order valence-corrected chi connectivity index (χ1v) is 8.62. The number of rotatable bonds is 2. The number of allylic oxidation sites excluding steroid dienone is 1. The van der Waals surface area contributed by atoms with Crippen LogP contribution in [0.4, 0.5) is 0 Å². The summed E-state index contributed by atoms with van der Waals surface area (Å²) >= 11 is 2.93. The van der Waals surface area contributed by atoms with E-state index in [0.717, 1.165) is 39.8 Å². The molecule has 2 atom stereocenters. The molecule has 0 saturated heterocycles. The highest BCUT2D eigenvalue weighted by molar-refractivity contribution is 8.04. The number of nitriles is 1. The number of ether oxygens (including phenoxy) is 1. The van der Waals surface area contributed by atoms with E-state index in [1.807, 2.05) is 19.1 Å². The Balaban J connectivity index is 1.72. The fourth-order valence-electron chi connectivity index (χ4n) is 2.90. The first kappa shape index (κ1) is 13.7. The van der Waals surface area contributed by atoms with Gasteiger partial charge in [0, 0.05) is 6.20 Å². The maximum absolute atomic E-state index is 9.42. The fraction of sp³-hybridized carbons (Fsp3) is 0.333. The summed E-state index contributed by atoms with van der Waals surface area (Å²) < 4.78 is 10.3.